The van der Waals surface area contributed by atoms with E-state index in [1.54, 1.807) is 12.4 Å². The maximum absolute atomic E-state index is 12.7. The summed E-state index contributed by atoms with van der Waals surface area (Å²) in [5.41, 5.74) is 1.08. The first-order chi connectivity index (χ1) is 12.2. The Bertz CT molecular complexity index is 594. The summed E-state index contributed by atoms with van der Waals surface area (Å²) in [6.45, 7) is 5.81. The molecule has 1 saturated carbocycles. The molecule has 1 aliphatic carbocycles. The molecule has 1 aromatic rings. The van der Waals surface area contributed by atoms with Crippen molar-refractivity contribution in [3.8, 4) is 0 Å². The lowest BCUT2D eigenvalue weighted by Crippen LogP contribution is -2.47. The van der Waals surface area contributed by atoms with E-state index >= 15 is 0 Å². The van der Waals surface area contributed by atoms with Gasteiger partial charge in [-0.1, -0.05) is 0 Å². The molecule has 0 unspecified atom stereocenters. The first-order valence-corrected chi connectivity index (χ1v) is 9.62. The van der Waals surface area contributed by atoms with Crippen LogP contribution in [0.15, 0.2) is 24.5 Å². The molecule has 0 bridgehead atoms. The highest BCUT2D eigenvalue weighted by Gasteiger charge is 2.47. The third kappa shape index (κ3) is 3.72. The van der Waals surface area contributed by atoms with Crippen molar-refractivity contribution < 1.29 is 9.53 Å². The molecule has 1 amide bonds. The minimum Gasteiger partial charge on any atom is -0.381 e. The number of carbonyl (C=O) groups excluding carboxylic acids is 1. The van der Waals surface area contributed by atoms with Gasteiger partial charge in [0.25, 0.3) is 5.91 Å². The molecule has 4 rings (SSSR count). The standard InChI is InChI=1S/C20H29N3O2/c1-22-12-18(14-25-13-16-2-3-16)20(15-22)6-10-23(11-7-20)19(24)17-4-8-21-9-5-17/h4-5,8-9,16,18H,2-3,6-7,10-15H2,1H3/t18-/m0/s1. The highest BCUT2D eigenvalue weighted by molar-refractivity contribution is 5.94. The number of aromatic nitrogens is 1. The number of piperidine rings is 1. The summed E-state index contributed by atoms with van der Waals surface area (Å²) in [5.74, 6) is 1.58. The van der Waals surface area contributed by atoms with Crippen LogP contribution in [-0.2, 0) is 4.74 Å². The summed E-state index contributed by atoms with van der Waals surface area (Å²) in [6, 6.07) is 3.62. The summed E-state index contributed by atoms with van der Waals surface area (Å²) in [6.07, 6.45) is 8.26. The van der Waals surface area contributed by atoms with E-state index in [-0.39, 0.29) is 5.91 Å². The van der Waals surface area contributed by atoms with Gasteiger partial charge in [0.15, 0.2) is 0 Å². The molecule has 2 aliphatic heterocycles. The van der Waals surface area contributed by atoms with Crippen LogP contribution in [0.5, 0.6) is 0 Å². The number of hydrogen-bond acceptors (Lipinski definition) is 4. The van der Waals surface area contributed by atoms with Gasteiger partial charge in [0.05, 0.1) is 6.61 Å². The largest absolute Gasteiger partial charge is 0.381 e. The molecule has 5 nitrogen and oxygen atoms in total. The van der Waals surface area contributed by atoms with E-state index in [0.29, 0.717) is 11.3 Å². The maximum Gasteiger partial charge on any atom is 0.253 e. The van der Waals surface area contributed by atoms with Crippen molar-refractivity contribution in [1.82, 2.24) is 14.8 Å². The van der Waals surface area contributed by atoms with Crippen LogP contribution >= 0.6 is 0 Å². The van der Waals surface area contributed by atoms with Gasteiger partial charge in [-0.3, -0.25) is 9.78 Å². The predicted octanol–water partition coefficient (Wildman–Crippen LogP) is 2.29. The van der Waals surface area contributed by atoms with Gasteiger partial charge in [-0.15, -0.1) is 0 Å². The van der Waals surface area contributed by atoms with E-state index in [9.17, 15) is 4.79 Å². The fourth-order valence-corrected chi connectivity index (χ4v) is 4.59. The fraction of sp³-hybridized carbons (Fsp3) is 0.700. The fourth-order valence-electron chi connectivity index (χ4n) is 4.59. The highest BCUT2D eigenvalue weighted by Crippen LogP contribution is 2.44. The van der Waals surface area contributed by atoms with Crippen molar-refractivity contribution in [2.45, 2.75) is 25.7 Å². The zero-order valence-corrected chi connectivity index (χ0v) is 15.2. The van der Waals surface area contributed by atoms with Crippen LogP contribution in [0.3, 0.4) is 0 Å². The van der Waals surface area contributed by atoms with Gasteiger partial charge in [0.2, 0.25) is 0 Å². The lowest BCUT2D eigenvalue weighted by Gasteiger charge is -2.42. The molecule has 3 heterocycles. The highest BCUT2D eigenvalue weighted by atomic mass is 16.5. The number of carbonyl (C=O) groups is 1. The minimum atomic E-state index is 0.144. The molecule has 3 fully saturated rings. The van der Waals surface area contributed by atoms with Gasteiger partial charge < -0.3 is 14.5 Å². The van der Waals surface area contributed by atoms with Crippen molar-refractivity contribution in [2.75, 3.05) is 46.4 Å². The van der Waals surface area contributed by atoms with Crippen LogP contribution in [0.4, 0.5) is 0 Å². The Labute approximate surface area is 150 Å². The zero-order valence-electron chi connectivity index (χ0n) is 15.2. The lowest BCUT2D eigenvalue weighted by atomic mass is 9.71. The number of nitrogens with zero attached hydrogens (tertiary/aromatic N) is 3. The molecule has 2 saturated heterocycles. The van der Waals surface area contributed by atoms with Gasteiger partial charge in [-0.25, -0.2) is 0 Å². The average Bonchev–Trinajstić information content (AvgIpc) is 3.41. The Morgan fingerprint density at radius 1 is 1.24 bits per heavy atom. The van der Waals surface area contributed by atoms with Gasteiger partial charge in [0.1, 0.15) is 0 Å². The van der Waals surface area contributed by atoms with Crippen LogP contribution in [0.1, 0.15) is 36.0 Å². The second kappa shape index (κ2) is 7.04. The second-order valence-electron chi connectivity index (χ2n) is 8.26. The van der Waals surface area contributed by atoms with Crippen molar-refractivity contribution in [2.24, 2.45) is 17.3 Å². The predicted molar refractivity (Wildman–Crippen MR) is 96.3 cm³/mol. The van der Waals surface area contributed by atoms with E-state index in [1.165, 1.54) is 12.8 Å². The Hall–Kier alpha value is -1.46. The Kier molecular flexibility index (Phi) is 4.78. The quantitative estimate of drug-likeness (QED) is 0.823. The smallest absolute Gasteiger partial charge is 0.253 e. The summed E-state index contributed by atoms with van der Waals surface area (Å²) < 4.78 is 6.05. The SMILES string of the molecule is CN1C[C@@H](COCC2CC2)C2(CCN(C(=O)c3ccncc3)CC2)C1. The third-order valence-corrected chi connectivity index (χ3v) is 6.33. The van der Waals surface area contributed by atoms with E-state index in [4.69, 9.17) is 4.74 Å². The number of pyridine rings is 1. The summed E-state index contributed by atoms with van der Waals surface area (Å²) in [7, 11) is 2.22. The first-order valence-electron chi connectivity index (χ1n) is 9.62. The third-order valence-electron chi connectivity index (χ3n) is 6.33. The number of ether oxygens (including phenoxy) is 1. The van der Waals surface area contributed by atoms with Crippen molar-refractivity contribution in [1.29, 1.82) is 0 Å². The van der Waals surface area contributed by atoms with Gasteiger partial charge in [0, 0.05) is 56.7 Å². The molecule has 5 heteroatoms. The molecule has 3 aliphatic rings. The van der Waals surface area contributed by atoms with Crippen LogP contribution in [-0.4, -0.2) is 67.1 Å². The van der Waals surface area contributed by atoms with E-state index in [1.807, 2.05) is 17.0 Å². The monoisotopic (exact) mass is 343 g/mol. The zero-order chi connectivity index (χ0) is 17.3. The normalized spacial score (nSPS) is 26.3. The average molecular weight is 343 g/mol. The number of rotatable bonds is 5. The molecule has 0 N–H and O–H groups in total. The van der Waals surface area contributed by atoms with Crippen molar-refractivity contribution in [3.05, 3.63) is 30.1 Å². The van der Waals surface area contributed by atoms with Crippen molar-refractivity contribution in [3.63, 3.8) is 0 Å². The van der Waals surface area contributed by atoms with Crippen molar-refractivity contribution >= 4 is 5.91 Å². The van der Waals surface area contributed by atoms with Crippen LogP contribution in [0, 0.1) is 17.3 Å². The first kappa shape index (κ1) is 17.0. The Balaban J connectivity index is 1.35. The molecular formula is C20H29N3O2. The number of likely N-dealkylation sites (tertiary alicyclic amines) is 2. The molecule has 1 aromatic heterocycles. The lowest BCUT2D eigenvalue weighted by molar-refractivity contribution is 0.0180. The summed E-state index contributed by atoms with van der Waals surface area (Å²) in [4.78, 5) is 21.1. The Morgan fingerprint density at radius 3 is 2.64 bits per heavy atom. The van der Waals surface area contributed by atoms with E-state index < -0.39 is 0 Å². The van der Waals surface area contributed by atoms with Gasteiger partial charge in [-0.2, -0.15) is 0 Å². The molecule has 1 spiro atoms. The second-order valence-corrected chi connectivity index (χ2v) is 8.26. The summed E-state index contributed by atoms with van der Waals surface area (Å²) in [5, 5.41) is 0. The number of hydrogen-bond donors (Lipinski definition) is 0. The molecule has 136 valence electrons. The van der Waals surface area contributed by atoms with E-state index in [2.05, 4.69) is 16.9 Å². The number of amides is 1. The van der Waals surface area contributed by atoms with Crippen LogP contribution in [0.25, 0.3) is 0 Å². The van der Waals surface area contributed by atoms with Crippen LogP contribution < -0.4 is 0 Å². The van der Waals surface area contributed by atoms with Gasteiger partial charge >= 0.3 is 0 Å². The molecular weight excluding hydrogens is 314 g/mol. The Morgan fingerprint density at radius 2 is 1.96 bits per heavy atom. The maximum atomic E-state index is 12.7. The molecule has 0 aromatic carbocycles. The molecule has 1 atom stereocenters. The minimum absolute atomic E-state index is 0.144. The molecule has 0 radical (unpaired) electrons. The van der Waals surface area contributed by atoms with Crippen LogP contribution in [0.2, 0.25) is 0 Å². The van der Waals surface area contributed by atoms with Gasteiger partial charge in [-0.05, 0) is 56.2 Å². The summed E-state index contributed by atoms with van der Waals surface area (Å²) >= 11 is 0. The molecule has 25 heavy (non-hydrogen) atoms. The topological polar surface area (TPSA) is 45.7 Å². The van der Waals surface area contributed by atoms with E-state index in [0.717, 1.165) is 63.7 Å².